The number of hydrogen-bond donors (Lipinski definition) is 2. The summed E-state index contributed by atoms with van der Waals surface area (Å²) in [7, 11) is 0. The van der Waals surface area contributed by atoms with Crippen molar-refractivity contribution in [2.75, 3.05) is 11.9 Å². The van der Waals surface area contributed by atoms with Crippen molar-refractivity contribution in [3.63, 3.8) is 0 Å². The summed E-state index contributed by atoms with van der Waals surface area (Å²) in [6, 6.07) is 10.5. The zero-order valence-electron chi connectivity index (χ0n) is 14.6. The van der Waals surface area contributed by atoms with Gasteiger partial charge in [-0.05, 0) is 25.0 Å². The van der Waals surface area contributed by atoms with Gasteiger partial charge in [0.15, 0.2) is 5.01 Å². The molecular weight excluding hydrogens is 398 g/mol. The molecule has 0 amide bonds. The van der Waals surface area contributed by atoms with Crippen LogP contribution in [0.2, 0.25) is 5.02 Å². The topological polar surface area (TPSA) is 76.7 Å². The Morgan fingerprint density at radius 3 is 2.89 bits per heavy atom. The van der Waals surface area contributed by atoms with E-state index in [0.29, 0.717) is 11.6 Å². The van der Waals surface area contributed by atoms with E-state index in [1.165, 1.54) is 22.5 Å². The summed E-state index contributed by atoms with van der Waals surface area (Å²) in [5, 5.41) is 15.1. The average molecular weight is 416 g/mol. The number of aromatic nitrogens is 3. The summed E-state index contributed by atoms with van der Waals surface area (Å²) < 4.78 is 1.04. The van der Waals surface area contributed by atoms with Crippen molar-refractivity contribution in [2.45, 2.75) is 19.4 Å². The van der Waals surface area contributed by atoms with Crippen LogP contribution in [-0.2, 0) is 6.42 Å². The monoisotopic (exact) mass is 415 g/mol. The largest absolute Gasteiger partial charge is 0.359 e. The fourth-order valence-corrected chi connectivity index (χ4v) is 4.97. The lowest BCUT2D eigenvalue weighted by molar-refractivity contribution is 0.698. The van der Waals surface area contributed by atoms with Gasteiger partial charge in [0, 0.05) is 30.4 Å². The van der Waals surface area contributed by atoms with Gasteiger partial charge < -0.3 is 11.1 Å². The molecule has 1 atom stereocenters. The van der Waals surface area contributed by atoms with E-state index in [0.717, 1.165) is 31.5 Å². The molecule has 0 saturated carbocycles. The maximum absolute atomic E-state index is 6.26. The Balaban J connectivity index is 1.41. The highest BCUT2D eigenvalue weighted by Gasteiger charge is 2.13. The molecule has 0 aliphatic rings. The van der Waals surface area contributed by atoms with E-state index in [1.807, 2.05) is 12.3 Å². The number of benzene rings is 1. The highest BCUT2D eigenvalue weighted by Crippen LogP contribution is 2.38. The minimum atomic E-state index is 0.00774. The van der Waals surface area contributed by atoms with E-state index >= 15 is 0 Å². The number of nitrogens with one attached hydrogen (secondary N) is 1. The number of rotatable bonds is 6. The zero-order valence-corrected chi connectivity index (χ0v) is 17.0. The lowest BCUT2D eigenvalue weighted by Crippen LogP contribution is -2.31. The van der Waals surface area contributed by atoms with Gasteiger partial charge >= 0.3 is 0 Å². The van der Waals surface area contributed by atoms with E-state index in [9.17, 15) is 0 Å². The number of aryl methyl sites for hydroxylation is 1. The van der Waals surface area contributed by atoms with Crippen molar-refractivity contribution < 1.29 is 0 Å². The number of nitrogens with zero attached hydrogens (tertiary/aromatic N) is 3. The van der Waals surface area contributed by atoms with Gasteiger partial charge in [-0.15, -0.1) is 21.5 Å². The van der Waals surface area contributed by atoms with Crippen LogP contribution in [0.4, 0.5) is 5.13 Å². The smallest absolute Gasteiger partial charge is 0.206 e. The van der Waals surface area contributed by atoms with Crippen LogP contribution >= 0.6 is 34.3 Å². The number of halogens is 1. The van der Waals surface area contributed by atoms with Crippen LogP contribution in [0.15, 0.2) is 42.7 Å². The van der Waals surface area contributed by atoms with Crippen LogP contribution in [0.25, 0.3) is 20.0 Å². The molecule has 0 unspecified atom stereocenters. The molecule has 0 aliphatic heterocycles. The van der Waals surface area contributed by atoms with Crippen molar-refractivity contribution in [1.82, 2.24) is 15.2 Å². The first-order valence-electron chi connectivity index (χ1n) is 8.50. The molecule has 4 rings (SSSR count). The summed E-state index contributed by atoms with van der Waals surface area (Å²) >= 11 is 9.34. The van der Waals surface area contributed by atoms with E-state index < -0.39 is 0 Å². The number of nitrogens with two attached hydrogens (primary N) is 1. The van der Waals surface area contributed by atoms with E-state index in [-0.39, 0.29) is 6.04 Å². The molecule has 3 aromatic heterocycles. The summed E-state index contributed by atoms with van der Waals surface area (Å²) in [5.41, 5.74) is 8.76. The molecular formula is C19H18ClN5S2. The standard InChI is InChI=1S/C19H18ClN5S2/c1-11-3-2-4-12(5-11)6-13(21)8-23-19-25-24-18(27-19)16-7-14-15(20)9-22-10-17(14)26-16/h2-5,7,9-10,13H,6,8,21H2,1H3,(H,23,25)/t13-/m0/s1. The highest BCUT2D eigenvalue weighted by molar-refractivity contribution is 7.26. The zero-order chi connectivity index (χ0) is 18.8. The minimum Gasteiger partial charge on any atom is -0.359 e. The molecule has 138 valence electrons. The first-order chi connectivity index (χ1) is 13.1. The van der Waals surface area contributed by atoms with Crippen molar-refractivity contribution in [1.29, 1.82) is 0 Å². The van der Waals surface area contributed by atoms with E-state index in [1.54, 1.807) is 17.5 Å². The van der Waals surface area contributed by atoms with Gasteiger partial charge in [0.25, 0.3) is 0 Å². The van der Waals surface area contributed by atoms with Crippen LogP contribution in [0.1, 0.15) is 11.1 Å². The number of pyridine rings is 1. The predicted octanol–water partition coefficient (Wildman–Crippen LogP) is 4.76. The first kappa shape index (κ1) is 18.3. The number of fused-ring (bicyclic) bond motifs is 1. The lowest BCUT2D eigenvalue weighted by atomic mass is 10.0. The Bertz CT molecular complexity index is 1070. The van der Waals surface area contributed by atoms with Gasteiger partial charge in [-0.25, -0.2) is 0 Å². The molecule has 5 nitrogen and oxygen atoms in total. The van der Waals surface area contributed by atoms with Gasteiger partial charge in [-0.3, -0.25) is 4.98 Å². The molecule has 0 bridgehead atoms. The number of anilines is 1. The van der Waals surface area contributed by atoms with Crippen molar-refractivity contribution >= 4 is 49.5 Å². The fourth-order valence-electron chi connectivity index (χ4n) is 2.86. The second kappa shape index (κ2) is 7.90. The Hall–Kier alpha value is -2.06. The predicted molar refractivity (Wildman–Crippen MR) is 115 cm³/mol. The van der Waals surface area contributed by atoms with Gasteiger partial charge in [0.1, 0.15) is 0 Å². The molecule has 0 aliphatic carbocycles. The molecule has 0 fully saturated rings. The summed E-state index contributed by atoms with van der Waals surface area (Å²) in [5.74, 6) is 0. The summed E-state index contributed by atoms with van der Waals surface area (Å²) in [4.78, 5) is 5.17. The number of thiophene rings is 1. The third-order valence-electron chi connectivity index (χ3n) is 4.13. The fraction of sp³-hybridized carbons (Fsp3) is 0.211. The summed E-state index contributed by atoms with van der Waals surface area (Å²) in [6.07, 6.45) is 4.30. The molecule has 8 heteroatoms. The Kier molecular flexibility index (Phi) is 5.36. The van der Waals surface area contributed by atoms with Gasteiger partial charge in [0.2, 0.25) is 5.13 Å². The van der Waals surface area contributed by atoms with Crippen LogP contribution in [-0.4, -0.2) is 27.8 Å². The number of hydrogen-bond acceptors (Lipinski definition) is 7. The Labute approximate surface area is 170 Å². The van der Waals surface area contributed by atoms with Crippen LogP contribution in [0.5, 0.6) is 0 Å². The molecule has 1 aromatic carbocycles. The van der Waals surface area contributed by atoms with E-state index in [2.05, 4.69) is 51.7 Å². The average Bonchev–Trinajstić information content (AvgIpc) is 3.27. The molecule has 3 N–H and O–H groups in total. The molecule has 4 aromatic rings. The van der Waals surface area contributed by atoms with Gasteiger partial charge in [0.05, 0.1) is 14.6 Å². The van der Waals surface area contributed by atoms with E-state index in [4.69, 9.17) is 17.3 Å². The summed E-state index contributed by atoms with van der Waals surface area (Å²) in [6.45, 7) is 2.73. The molecule has 3 heterocycles. The van der Waals surface area contributed by atoms with Crippen molar-refractivity contribution in [3.05, 3.63) is 58.9 Å². The van der Waals surface area contributed by atoms with Gasteiger partial charge in [-0.2, -0.15) is 0 Å². The highest BCUT2D eigenvalue weighted by atomic mass is 35.5. The molecule has 0 spiro atoms. The van der Waals surface area contributed by atoms with Gasteiger partial charge in [-0.1, -0.05) is 52.8 Å². The quantitative estimate of drug-likeness (QED) is 0.474. The Morgan fingerprint density at radius 1 is 1.19 bits per heavy atom. The second-order valence-corrected chi connectivity index (χ2v) is 8.86. The van der Waals surface area contributed by atoms with Crippen molar-refractivity contribution in [2.24, 2.45) is 5.73 Å². The maximum atomic E-state index is 6.26. The molecule has 0 saturated heterocycles. The van der Waals surface area contributed by atoms with Crippen LogP contribution in [0, 0.1) is 6.92 Å². The van der Waals surface area contributed by atoms with Crippen LogP contribution < -0.4 is 11.1 Å². The first-order valence-corrected chi connectivity index (χ1v) is 10.5. The SMILES string of the molecule is Cc1cccc(C[C@H](N)CNc2nnc(-c3cc4c(Cl)cncc4s3)s2)c1. The second-order valence-electron chi connectivity index (χ2n) is 6.39. The van der Waals surface area contributed by atoms with Crippen molar-refractivity contribution in [3.8, 4) is 9.88 Å². The van der Waals surface area contributed by atoms with Crippen LogP contribution in [0.3, 0.4) is 0 Å². The Morgan fingerprint density at radius 2 is 2.07 bits per heavy atom. The maximum Gasteiger partial charge on any atom is 0.206 e. The molecule has 27 heavy (non-hydrogen) atoms. The normalized spacial score (nSPS) is 12.4. The lowest BCUT2D eigenvalue weighted by Gasteiger charge is -2.12. The third kappa shape index (κ3) is 4.27. The molecule has 0 radical (unpaired) electrons. The third-order valence-corrected chi connectivity index (χ3v) is 6.55. The minimum absolute atomic E-state index is 0.00774.